The predicted octanol–water partition coefficient (Wildman–Crippen LogP) is 4.49. The Labute approximate surface area is 177 Å². The Morgan fingerprint density at radius 1 is 1.21 bits per heavy atom. The van der Waals surface area contributed by atoms with Crippen LogP contribution >= 0.6 is 22.7 Å². The van der Waals surface area contributed by atoms with Crippen LogP contribution in [0, 0.1) is 24.0 Å². The molecule has 0 atom stereocenters. The van der Waals surface area contributed by atoms with Crippen molar-refractivity contribution < 1.29 is 9.72 Å². The summed E-state index contributed by atoms with van der Waals surface area (Å²) in [6, 6.07) is 7.22. The van der Waals surface area contributed by atoms with Gasteiger partial charge >= 0.3 is 5.00 Å². The number of nitrogens with zero attached hydrogens (tertiary/aromatic N) is 4. The molecule has 3 rings (SSSR count). The largest absolute Gasteiger partial charge is 0.324 e. The van der Waals surface area contributed by atoms with Crippen LogP contribution in [0.3, 0.4) is 0 Å². The van der Waals surface area contributed by atoms with E-state index in [-0.39, 0.29) is 10.9 Å². The minimum atomic E-state index is -0.432. The molecular formula is C20H22N4O3S2. The maximum absolute atomic E-state index is 13.0. The molecule has 0 saturated carbocycles. The van der Waals surface area contributed by atoms with Gasteiger partial charge in [-0.2, -0.15) is 0 Å². The summed E-state index contributed by atoms with van der Waals surface area (Å²) in [5.41, 5.74) is 3.17. The number of likely N-dealkylation sites (N-methyl/N-ethyl adjacent to an activating group) is 1. The van der Waals surface area contributed by atoms with E-state index < -0.39 is 4.92 Å². The number of hydrogen-bond acceptors (Lipinski definition) is 7. The van der Waals surface area contributed by atoms with Crippen LogP contribution in [0.25, 0.3) is 16.3 Å². The lowest BCUT2D eigenvalue weighted by Crippen LogP contribution is -2.35. The van der Waals surface area contributed by atoms with Crippen LogP contribution in [0.1, 0.15) is 16.0 Å². The van der Waals surface area contributed by atoms with Crippen molar-refractivity contribution in [1.29, 1.82) is 0 Å². The molecule has 2 aromatic heterocycles. The van der Waals surface area contributed by atoms with Crippen LogP contribution < -0.4 is 4.90 Å². The first-order valence-corrected chi connectivity index (χ1v) is 10.6. The average Bonchev–Trinajstić information content (AvgIpc) is 3.27. The van der Waals surface area contributed by atoms with Gasteiger partial charge in [0.05, 0.1) is 15.1 Å². The lowest BCUT2D eigenvalue weighted by molar-refractivity contribution is -0.380. The molecule has 0 N–H and O–H groups in total. The minimum absolute atomic E-state index is 0.0542. The van der Waals surface area contributed by atoms with Crippen molar-refractivity contribution in [2.45, 2.75) is 13.8 Å². The van der Waals surface area contributed by atoms with E-state index >= 15 is 0 Å². The molecule has 0 bridgehead atoms. The van der Waals surface area contributed by atoms with Crippen molar-refractivity contribution in [2.24, 2.45) is 0 Å². The second-order valence-electron chi connectivity index (χ2n) is 6.99. The normalized spacial score (nSPS) is 11.6. The van der Waals surface area contributed by atoms with Crippen LogP contribution in [-0.2, 0) is 4.79 Å². The first-order valence-electron chi connectivity index (χ1n) is 9.01. The van der Waals surface area contributed by atoms with Gasteiger partial charge in [0.15, 0.2) is 5.13 Å². The Kier molecular flexibility index (Phi) is 6.41. The van der Waals surface area contributed by atoms with Gasteiger partial charge in [0, 0.05) is 30.1 Å². The van der Waals surface area contributed by atoms with Crippen LogP contribution in [0.15, 0.2) is 30.3 Å². The third-order valence-electron chi connectivity index (χ3n) is 4.26. The predicted molar refractivity (Wildman–Crippen MR) is 120 cm³/mol. The fourth-order valence-electron chi connectivity index (χ4n) is 2.85. The molecule has 7 nitrogen and oxygen atoms in total. The Hall–Kier alpha value is -2.62. The van der Waals surface area contributed by atoms with Gasteiger partial charge in [-0.1, -0.05) is 28.7 Å². The van der Waals surface area contributed by atoms with E-state index in [0.29, 0.717) is 23.1 Å². The van der Waals surface area contributed by atoms with Gasteiger partial charge in [-0.05, 0) is 57.3 Å². The Balaban J connectivity index is 1.89. The lowest BCUT2D eigenvalue weighted by Gasteiger charge is -2.20. The molecule has 29 heavy (non-hydrogen) atoms. The Morgan fingerprint density at radius 3 is 2.62 bits per heavy atom. The number of nitro groups is 1. The minimum Gasteiger partial charge on any atom is -0.308 e. The molecule has 0 unspecified atom stereocenters. The van der Waals surface area contributed by atoms with Crippen molar-refractivity contribution in [1.82, 2.24) is 9.88 Å². The number of carbonyl (C=O) groups excluding carboxylic acids is 1. The monoisotopic (exact) mass is 430 g/mol. The quantitative estimate of drug-likeness (QED) is 0.313. The van der Waals surface area contributed by atoms with Gasteiger partial charge in [-0.3, -0.25) is 19.8 Å². The highest BCUT2D eigenvalue weighted by Crippen LogP contribution is 2.32. The highest BCUT2D eigenvalue weighted by molar-refractivity contribution is 7.22. The molecule has 0 aliphatic rings. The average molecular weight is 431 g/mol. The summed E-state index contributed by atoms with van der Waals surface area (Å²) in [6.45, 7) is 5.27. The summed E-state index contributed by atoms with van der Waals surface area (Å²) in [5.74, 6) is -0.198. The molecular weight excluding hydrogens is 408 g/mol. The van der Waals surface area contributed by atoms with Crippen LogP contribution in [0.5, 0.6) is 0 Å². The van der Waals surface area contributed by atoms with E-state index in [1.165, 1.54) is 23.5 Å². The molecule has 0 spiro atoms. The standard InChI is InChI=1S/C20H22N4O3S2/c1-13-11-14(2)19-16(12-13)21-20(29-19)23(10-9-22(3)4)17(25)7-5-15-6-8-18(28-15)24(26)27/h5-8,11-12H,9-10H2,1-4H3. The van der Waals surface area contributed by atoms with Crippen LogP contribution in [0.2, 0.25) is 0 Å². The van der Waals surface area contributed by atoms with Crippen molar-refractivity contribution in [3.8, 4) is 0 Å². The molecule has 2 heterocycles. The number of thiazole rings is 1. The fraction of sp³-hybridized carbons (Fsp3) is 0.300. The van der Waals surface area contributed by atoms with Crippen molar-refractivity contribution in [3.05, 3.63) is 56.5 Å². The molecule has 0 aliphatic heterocycles. The van der Waals surface area contributed by atoms with E-state index in [4.69, 9.17) is 4.98 Å². The first-order chi connectivity index (χ1) is 13.7. The molecule has 0 aliphatic carbocycles. The van der Waals surface area contributed by atoms with Gasteiger partial charge in [0.1, 0.15) is 0 Å². The SMILES string of the molecule is Cc1cc(C)c2sc(N(CCN(C)C)C(=O)C=Cc3ccc([N+](=O)[O-])s3)nc2c1. The number of aryl methyl sites for hydroxylation is 2. The second-order valence-corrected chi connectivity index (χ2v) is 9.06. The van der Waals surface area contributed by atoms with Gasteiger partial charge in [0.2, 0.25) is 0 Å². The molecule has 0 radical (unpaired) electrons. The number of thiophene rings is 1. The highest BCUT2D eigenvalue weighted by atomic mass is 32.1. The summed E-state index contributed by atoms with van der Waals surface area (Å²) < 4.78 is 1.08. The van der Waals surface area contributed by atoms with Crippen LogP contribution in [0.4, 0.5) is 10.1 Å². The molecule has 1 amide bonds. The second kappa shape index (κ2) is 8.81. The fourth-order valence-corrected chi connectivity index (χ4v) is 4.63. The summed E-state index contributed by atoms with van der Waals surface area (Å²) in [5, 5.41) is 11.5. The highest BCUT2D eigenvalue weighted by Gasteiger charge is 2.19. The molecule has 0 saturated heterocycles. The van der Waals surface area contributed by atoms with E-state index in [2.05, 4.69) is 6.07 Å². The van der Waals surface area contributed by atoms with E-state index in [9.17, 15) is 14.9 Å². The Morgan fingerprint density at radius 2 is 1.97 bits per heavy atom. The van der Waals surface area contributed by atoms with E-state index in [1.54, 1.807) is 17.0 Å². The third-order valence-corrected chi connectivity index (χ3v) is 6.49. The number of rotatable bonds is 7. The number of anilines is 1. The number of aromatic nitrogens is 1. The number of hydrogen-bond donors (Lipinski definition) is 0. The zero-order chi connectivity index (χ0) is 21.1. The molecule has 9 heteroatoms. The van der Waals surface area contributed by atoms with Gasteiger partial charge in [0.25, 0.3) is 5.91 Å². The summed E-state index contributed by atoms with van der Waals surface area (Å²) >= 11 is 2.54. The number of carbonyl (C=O) groups is 1. The van der Waals surface area contributed by atoms with Crippen LogP contribution in [-0.4, -0.2) is 47.9 Å². The van der Waals surface area contributed by atoms with E-state index in [0.717, 1.165) is 32.7 Å². The third kappa shape index (κ3) is 5.06. The zero-order valence-corrected chi connectivity index (χ0v) is 18.3. The molecule has 152 valence electrons. The molecule has 1 aromatic carbocycles. The Bertz CT molecular complexity index is 1080. The zero-order valence-electron chi connectivity index (χ0n) is 16.7. The van der Waals surface area contributed by atoms with E-state index in [1.807, 2.05) is 38.9 Å². The van der Waals surface area contributed by atoms with Gasteiger partial charge in [-0.25, -0.2) is 4.98 Å². The number of benzene rings is 1. The topological polar surface area (TPSA) is 79.6 Å². The van der Waals surface area contributed by atoms with Crippen molar-refractivity contribution in [3.63, 3.8) is 0 Å². The molecule has 3 aromatic rings. The maximum Gasteiger partial charge on any atom is 0.324 e. The van der Waals surface area contributed by atoms with Crippen molar-refractivity contribution in [2.75, 3.05) is 32.1 Å². The van der Waals surface area contributed by atoms with Gasteiger partial charge in [-0.15, -0.1) is 0 Å². The summed E-state index contributed by atoms with van der Waals surface area (Å²) in [4.78, 5) is 32.4. The maximum atomic E-state index is 13.0. The van der Waals surface area contributed by atoms with Gasteiger partial charge < -0.3 is 4.90 Å². The summed E-state index contributed by atoms with van der Waals surface area (Å²) in [6.07, 6.45) is 3.07. The lowest BCUT2D eigenvalue weighted by atomic mass is 10.1. The number of amides is 1. The first kappa shape index (κ1) is 21.1. The van der Waals surface area contributed by atoms with Crippen molar-refractivity contribution >= 4 is 55.0 Å². The smallest absolute Gasteiger partial charge is 0.308 e. The number of fused-ring (bicyclic) bond motifs is 1. The summed E-state index contributed by atoms with van der Waals surface area (Å²) in [7, 11) is 3.91. The molecule has 0 fully saturated rings.